The quantitative estimate of drug-likeness (QED) is 0.843. The lowest BCUT2D eigenvalue weighted by molar-refractivity contribution is 0.174. The Hall–Kier alpha value is -2.24. The zero-order chi connectivity index (χ0) is 17.7. The van der Waals surface area contributed by atoms with Gasteiger partial charge < -0.3 is 19.2 Å². The molecule has 6 heteroatoms. The topological polar surface area (TPSA) is 63.3 Å². The van der Waals surface area contributed by atoms with Gasteiger partial charge in [-0.15, -0.1) is 0 Å². The molecular formula is C18H28N4O2. The van der Waals surface area contributed by atoms with Crippen LogP contribution >= 0.6 is 0 Å². The first kappa shape index (κ1) is 18.1. The number of imidazole rings is 1. The van der Waals surface area contributed by atoms with E-state index in [1.807, 2.05) is 29.9 Å². The number of aromatic nitrogens is 2. The Morgan fingerprint density at radius 2 is 2.12 bits per heavy atom. The van der Waals surface area contributed by atoms with E-state index in [4.69, 9.17) is 4.42 Å². The molecule has 0 aliphatic rings. The number of nitrogens with one attached hydrogen (secondary N) is 1. The summed E-state index contributed by atoms with van der Waals surface area (Å²) in [6.45, 7) is 9.49. The smallest absolute Gasteiger partial charge is 0.318 e. The third kappa shape index (κ3) is 4.63. The molecule has 0 fully saturated rings. The molecule has 2 aromatic rings. The van der Waals surface area contributed by atoms with E-state index in [0.717, 1.165) is 11.6 Å². The predicted octanol–water partition coefficient (Wildman–Crippen LogP) is 3.58. The summed E-state index contributed by atoms with van der Waals surface area (Å²) >= 11 is 0. The van der Waals surface area contributed by atoms with Gasteiger partial charge in [0.25, 0.3) is 0 Å². The molecule has 1 N–H and O–H groups in total. The number of carbonyl (C=O) groups excluding carboxylic acids is 1. The Bertz CT molecular complexity index is 631. The number of furan rings is 1. The van der Waals surface area contributed by atoms with Gasteiger partial charge in [-0.25, -0.2) is 9.78 Å². The van der Waals surface area contributed by atoms with Crippen LogP contribution in [0.3, 0.4) is 0 Å². The second kappa shape index (κ2) is 8.04. The number of hydrogen-bond acceptors (Lipinski definition) is 3. The number of rotatable bonds is 7. The third-order valence-electron chi connectivity index (χ3n) is 3.88. The minimum Gasteiger partial charge on any atom is -0.467 e. The molecule has 0 aromatic carbocycles. The number of urea groups is 1. The SMILES string of the molecule is CC(C)CN(Cc1ccco1)C(=O)N[C@H](c1nccn1C)C(C)C. The maximum Gasteiger partial charge on any atom is 0.318 e. The molecule has 0 spiro atoms. The summed E-state index contributed by atoms with van der Waals surface area (Å²) in [6.07, 6.45) is 5.28. The fourth-order valence-electron chi connectivity index (χ4n) is 2.68. The summed E-state index contributed by atoms with van der Waals surface area (Å²) in [5, 5.41) is 3.14. The summed E-state index contributed by atoms with van der Waals surface area (Å²) in [7, 11) is 1.94. The van der Waals surface area contributed by atoms with Crippen molar-refractivity contribution in [3.05, 3.63) is 42.4 Å². The van der Waals surface area contributed by atoms with Gasteiger partial charge in [0.1, 0.15) is 11.6 Å². The van der Waals surface area contributed by atoms with Crippen LogP contribution in [0.5, 0.6) is 0 Å². The van der Waals surface area contributed by atoms with Crippen molar-refractivity contribution in [1.29, 1.82) is 0 Å². The number of nitrogens with zero attached hydrogens (tertiary/aromatic N) is 3. The van der Waals surface area contributed by atoms with E-state index < -0.39 is 0 Å². The normalized spacial score (nSPS) is 12.6. The average Bonchev–Trinajstić information content (AvgIpc) is 3.15. The van der Waals surface area contributed by atoms with Crippen molar-refractivity contribution in [2.24, 2.45) is 18.9 Å². The van der Waals surface area contributed by atoms with E-state index in [-0.39, 0.29) is 18.0 Å². The highest BCUT2D eigenvalue weighted by molar-refractivity contribution is 5.74. The van der Waals surface area contributed by atoms with Crippen LogP contribution in [0.4, 0.5) is 4.79 Å². The molecule has 6 nitrogen and oxygen atoms in total. The molecule has 0 saturated carbocycles. The van der Waals surface area contributed by atoms with Gasteiger partial charge in [-0.05, 0) is 24.0 Å². The van der Waals surface area contributed by atoms with Crippen molar-refractivity contribution in [3.8, 4) is 0 Å². The molecule has 0 bridgehead atoms. The maximum atomic E-state index is 12.9. The standard InChI is InChI=1S/C18H28N4O2/c1-13(2)11-22(12-15-7-6-10-24-15)18(23)20-16(14(3)4)17-19-8-9-21(17)5/h6-10,13-14,16H,11-12H2,1-5H3,(H,20,23)/t16-/m0/s1. The number of carbonyl (C=O) groups is 1. The molecule has 0 radical (unpaired) electrons. The van der Waals surface area contributed by atoms with Gasteiger partial charge in [-0.2, -0.15) is 0 Å². The van der Waals surface area contributed by atoms with Gasteiger partial charge in [0.2, 0.25) is 0 Å². The zero-order valence-corrected chi connectivity index (χ0v) is 15.2. The Labute approximate surface area is 143 Å². The fourth-order valence-corrected chi connectivity index (χ4v) is 2.68. The minimum atomic E-state index is -0.135. The van der Waals surface area contributed by atoms with Crippen LogP contribution in [0.1, 0.15) is 45.3 Å². The predicted molar refractivity (Wildman–Crippen MR) is 93.3 cm³/mol. The molecule has 2 aromatic heterocycles. The molecule has 24 heavy (non-hydrogen) atoms. The second-order valence-corrected chi connectivity index (χ2v) is 6.92. The van der Waals surface area contributed by atoms with Crippen LogP contribution in [0.25, 0.3) is 0 Å². The Morgan fingerprint density at radius 1 is 1.38 bits per heavy atom. The molecule has 0 saturated heterocycles. The van der Waals surface area contributed by atoms with Crippen molar-refractivity contribution < 1.29 is 9.21 Å². The number of aryl methyl sites for hydroxylation is 1. The van der Waals surface area contributed by atoms with Crippen LogP contribution in [0.15, 0.2) is 35.2 Å². The largest absolute Gasteiger partial charge is 0.467 e. The third-order valence-corrected chi connectivity index (χ3v) is 3.88. The Balaban J connectivity index is 2.13. The fraction of sp³-hybridized carbons (Fsp3) is 0.556. The molecule has 0 aliphatic heterocycles. The maximum absolute atomic E-state index is 12.9. The lowest BCUT2D eigenvalue weighted by Gasteiger charge is -2.28. The van der Waals surface area contributed by atoms with Crippen molar-refractivity contribution in [1.82, 2.24) is 19.8 Å². The Kier molecular flexibility index (Phi) is 6.06. The van der Waals surface area contributed by atoms with Crippen LogP contribution in [-0.4, -0.2) is 27.0 Å². The molecule has 2 heterocycles. The summed E-state index contributed by atoms with van der Waals surface area (Å²) < 4.78 is 7.35. The highest BCUT2D eigenvalue weighted by atomic mass is 16.3. The van der Waals surface area contributed by atoms with Crippen molar-refractivity contribution in [2.75, 3.05) is 6.54 Å². The molecule has 0 aliphatic carbocycles. The van der Waals surface area contributed by atoms with Gasteiger partial charge in [0.15, 0.2) is 0 Å². The average molecular weight is 332 g/mol. The molecular weight excluding hydrogens is 304 g/mol. The van der Waals surface area contributed by atoms with Crippen LogP contribution in [-0.2, 0) is 13.6 Å². The van der Waals surface area contributed by atoms with E-state index in [1.165, 1.54) is 0 Å². The van der Waals surface area contributed by atoms with Gasteiger partial charge in [0.05, 0.1) is 18.8 Å². The first-order chi connectivity index (χ1) is 11.4. The first-order valence-corrected chi connectivity index (χ1v) is 8.43. The van der Waals surface area contributed by atoms with Gasteiger partial charge in [-0.3, -0.25) is 0 Å². The molecule has 132 valence electrons. The van der Waals surface area contributed by atoms with Crippen LogP contribution < -0.4 is 5.32 Å². The number of hydrogen-bond donors (Lipinski definition) is 1. The lowest BCUT2D eigenvalue weighted by atomic mass is 10.0. The van der Waals surface area contributed by atoms with E-state index in [2.05, 4.69) is 38.0 Å². The van der Waals surface area contributed by atoms with Crippen molar-refractivity contribution in [2.45, 2.75) is 40.3 Å². The summed E-state index contributed by atoms with van der Waals surface area (Å²) in [5.74, 6) is 2.25. The summed E-state index contributed by atoms with van der Waals surface area (Å²) in [6, 6.07) is 3.50. The molecule has 0 unspecified atom stereocenters. The second-order valence-electron chi connectivity index (χ2n) is 6.92. The molecule has 1 atom stereocenters. The van der Waals surface area contributed by atoms with Crippen molar-refractivity contribution >= 4 is 6.03 Å². The highest BCUT2D eigenvalue weighted by Crippen LogP contribution is 2.20. The lowest BCUT2D eigenvalue weighted by Crippen LogP contribution is -2.44. The Morgan fingerprint density at radius 3 is 2.62 bits per heavy atom. The first-order valence-electron chi connectivity index (χ1n) is 8.43. The minimum absolute atomic E-state index is 0.0956. The van der Waals surface area contributed by atoms with E-state index in [1.54, 1.807) is 17.4 Å². The molecule has 2 amide bonds. The van der Waals surface area contributed by atoms with Crippen LogP contribution in [0.2, 0.25) is 0 Å². The van der Waals surface area contributed by atoms with E-state index >= 15 is 0 Å². The highest BCUT2D eigenvalue weighted by Gasteiger charge is 2.25. The van der Waals surface area contributed by atoms with Crippen molar-refractivity contribution in [3.63, 3.8) is 0 Å². The van der Waals surface area contributed by atoms with Gasteiger partial charge in [0, 0.05) is 26.0 Å². The van der Waals surface area contributed by atoms with Crippen LogP contribution in [0, 0.1) is 11.8 Å². The zero-order valence-electron chi connectivity index (χ0n) is 15.2. The number of amides is 2. The molecule has 2 rings (SSSR count). The monoisotopic (exact) mass is 332 g/mol. The van der Waals surface area contributed by atoms with E-state index in [9.17, 15) is 4.79 Å². The van der Waals surface area contributed by atoms with E-state index in [0.29, 0.717) is 19.0 Å². The summed E-state index contributed by atoms with van der Waals surface area (Å²) in [4.78, 5) is 19.1. The van der Waals surface area contributed by atoms with Gasteiger partial charge >= 0.3 is 6.03 Å². The van der Waals surface area contributed by atoms with Gasteiger partial charge in [-0.1, -0.05) is 27.7 Å². The summed E-state index contributed by atoms with van der Waals surface area (Å²) in [5.41, 5.74) is 0.